The summed E-state index contributed by atoms with van der Waals surface area (Å²) in [6.45, 7) is 12.6. The number of aryl methyl sites for hydroxylation is 1. The second-order valence-corrected chi connectivity index (χ2v) is 9.36. The van der Waals surface area contributed by atoms with Crippen molar-refractivity contribution < 1.29 is 0 Å². The van der Waals surface area contributed by atoms with Crippen molar-refractivity contribution in [1.29, 1.82) is 0 Å². The third-order valence-corrected chi connectivity index (χ3v) is 6.92. The predicted molar refractivity (Wildman–Crippen MR) is 130 cm³/mol. The minimum atomic E-state index is -0.391. The summed E-state index contributed by atoms with van der Waals surface area (Å²) in [5.74, 6) is 0.829. The number of benzene rings is 1. The van der Waals surface area contributed by atoms with Crippen LogP contribution in [0.15, 0.2) is 59.3 Å². The smallest absolute Gasteiger partial charge is 0.133 e. The molecule has 0 aliphatic heterocycles. The normalized spacial score (nSPS) is 13.5. The largest absolute Gasteiger partial charge is 0.238 e. The van der Waals surface area contributed by atoms with Gasteiger partial charge in [0.05, 0.1) is 15.7 Å². The minimum Gasteiger partial charge on any atom is -0.238 e. The fourth-order valence-corrected chi connectivity index (χ4v) is 4.55. The molecule has 0 saturated heterocycles. The van der Waals surface area contributed by atoms with E-state index in [1.165, 1.54) is 5.56 Å². The highest BCUT2D eigenvalue weighted by Crippen LogP contribution is 2.36. The molecule has 2 heterocycles. The lowest BCUT2D eigenvalue weighted by molar-refractivity contribution is 0.650. The maximum atomic E-state index is 6.27. The van der Waals surface area contributed by atoms with Gasteiger partial charge in [0.2, 0.25) is 0 Å². The highest BCUT2D eigenvalue weighted by atomic mass is 35.5. The van der Waals surface area contributed by atoms with Crippen molar-refractivity contribution in [3.8, 4) is 0 Å². The van der Waals surface area contributed by atoms with Gasteiger partial charge in [-0.1, -0.05) is 53.6 Å². The fourth-order valence-electron chi connectivity index (χ4n) is 3.56. The molecule has 0 spiro atoms. The molecule has 1 unspecified atom stereocenters. The molecule has 0 N–H and O–H groups in total. The van der Waals surface area contributed by atoms with Crippen molar-refractivity contribution in [2.75, 3.05) is 0 Å². The van der Waals surface area contributed by atoms with Gasteiger partial charge in [-0.05, 0) is 67.8 Å². The Morgan fingerprint density at radius 1 is 1.13 bits per heavy atom. The maximum Gasteiger partial charge on any atom is 0.133 e. The Balaban J connectivity index is 2.16. The molecule has 0 saturated carbocycles. The Hall–Kier alpha value is -1.94. The van der Waals surface area contributed by atoms with Gasteiger partial charge in [-0.15, -0.1) is 0 Å². The van der Waals surface area contributed by atoms with Gasteiger partial charge in [0.15, 0.2) is 0 Å². The molecule has 0 aliphatic carbocycles. The van der Waals surface area contributed by atoms with E-state index in [0.717, 1.165) is 33.9 Å². The fraction of sp³-hybridized carbons (Fsp3) is 0.280. The van der Waals surface area contributed by atoms with Gasteiger partial charge in [-0.3, -0.25) is 0 Å². The van der Waals surface area contributed by atoms with Crippen molar-refractivity contribution >= 4 is 34.5 Å². The van der Waals surface area contributed by atoms with E-state index in [0.29, 0.717) is 22.9 Å². The van der Waals surface area contributed by atoms with E-state index >= 15 is 0 Å². The average Bonchev–Trinajstić information content (AvgIpc) is 3.19. The van der Waals surface area contributed by atoms with E-state index < -0.39 is 5.41 Å². The molecule has 0 amide bonds. The van der Waals surface area contributed by atoms with Gasteiger partial charge >= 0.3 is 0 Å². The second kappa shape index (κ2) is 9.47. The summed E-state index contributed by atoms with van der Waals surface area (Å²) in [6.07, 6.45) is 5.63. The first kappa shape index (κ1) is 22.7. The van der Waals surface area contributed by atoms with Crippen LogP contribution in [0.2, 0.25) is 10.0 Å². The number of hydrogen-bond acceptors (Lipinski definition) is 3. The minimum absolute atomic E-state index is 0.391. The van der Waals surface area contributed by atoms with Gasteiger partial charge < -0.3 is 0 Å². The SMILES string of the molecule is C=C(C)C(C)(C=CC)c1nc(Cc2ccsc2)nc(C)c1Cc1ccc(Cl)c(Cl)c1. The quantitative estimate of drug-likeness (QED) is 0.339. The number of halogens is 2. The molecule has 0 radical (unpaired) electrons. The second-order valence-electron chi connectivity index (χ2n) is 7.77. The number of nitrogens with zero attached hydrogens (tertiary/aromatic N) is 2. The van der Waals surface area contributed by atoms with Crippen LogP contribution in [0.4, 0.5) is 0 Å². The summed E-state index contributed by atoms with van der Waals surface area (Å²) in [5.41, 5.74) is 6.03. The van der Waals surface area contributed by atoms with Gasteiger partial charge in [0.25, 0.3) is 0 Å². The third-order valence-electron chi connectivity index (χ3n) is 5.45. The van der Waals surface area contributed by atoms with Gasteiger partial charge in [-0.2, -0.15) is 11.3 Å². The summed E-state index contributed by atoms with van der Waals surface area (Å²) in [4.78, 5) is 9.94. The van der Waals surface area contributed by atoms with Crippen molar-refractivity contribution in [1.82, 2.24) is 9.97 Å². The molecule has 3 aromatic rings. The molecule has 3 rings (SSSR count). The Bertz CT molecular complexity index is 1090. The van der Waals surface area contributed by atoms with Crippen molar-refractivity contribution in [2.45, 2.75) is 46.0 Å². The Kier molecular flexibility index (Phi) is 7.18. The molecule has 1 atom stereocenters. The summed E-state index contributed by atoms with van der Waals surface area (Å²) >= 11 is 14.1. The van der Waals surface area contributed by atoms with Crippen LogP contribution in [0.25, 0.3) is 0 Å². The molecular weight excluding hydrogens is 431 g/mol. The molecule has 0 aliphatic rings. The van der Waals surface area contributed by atoms with Crippen LogP contribution in [-0.4, -0.2) is 9.97 Å². The molecule has 1 aromatic carbocycles. The summed E-state index contributed by atoms with van der Waals surface area (Å²) < 4.78 is 0. The number of hydrogen-bond donors (Lipinski definition) is 0. The Labute approximate surface area is 193 Å². The lowest BCUT2D eigenvalue weighted by Gasteiger charge is -2.30. The molecular formula is C25H26Cl2N2S. The molecule has 0 fully saturated rings. The Morgan fingerprint density at radius 2 is 1.90 bits per heavy atom. The lowest BCUT2D eigenvalue weighted by Crippen LogP contribution is -2.26. The molecule has 30 heavy (non-hydrogen) atoms. The number of allylic oxidation sites excluding steroid dienone is 3. The van der Waals surface area contributed by atoms with Crippen molar-refractivity contribution in [2.24, 2.45) is 0 Å². The first-order chi connectivity index (χ1) is 14.2. The lowest BCUT2D eigenvalue weighted by atomic mass is 9.76. The molecule has 2 aromatic heterocycles. The van der Waals surface area contributed by atoms with Crippen LogP contribution in [0.1, 0.15) is 54.7 Å². The topological polar surface area (TPSA) is 25.8 Å². The summed E-state index contributed by atoms with van der Waals surface area (Å²) in [7, 11) is 0. The van der Waals surface area contributed by atoms with Crippen LogP contribution in [0, 0.1) is 6.92 Å². The number of aromatic nitrogens is 2. The highest BCUT2D eigenvalue weighted by Gasteiger charge is 2.31. The van der Waals surface area contributed by atoms with Crippen LogP contribution in [0.3, 0.4) is 0 Å². The molecule has 0 bridgehead atoms. The third kappa shape index (κ3) is 4.85. The van der Waals surface area contributed by atoms with Crippen LogP contribution >= 0.6 is 34.5 Å². The molecule has 156 valence electrons. The highest BCUT2D eigenvalue weighted by molar-refractivity contribution is 7.07. The van der Waals surface area contributed by atoms with Gasteiger partial charge in [0, 0.05) is 29.5 Å². The zero-order chi connectivity index (χ0) is 21.9. The van der Waals surface area contributed by atoms with Gasteiger partial charge in [0.1, 0.15) is 5.82 Å². The van der Waals surface area contributed by atoms with Crippen molar-refractivity contribution in [3.05, 3.63) is 103 Å². The first-order valence-electron chi connectivity index (χ1n) is 9.86. The predicted octanol–water partition coefficient (Wildman–Crippen LogP) is 7.74. The maximum absolute atomic E-state index is 6.27. The zero-order valence-electron chi connectivity index (χ0n) is 17.8. The van der Waals surface area contributed by atoms with E-state index in [9.17, 15) is 0 Å². The van der Waals surface area contributed by atoms with E-state index in [1.54, 1.807) is 11.3 Å². The average molecular weight is 457 g/mol. The summed E-state index contributed by atoms with van der Waals surface area (Å²) in [6, 6.07) is 7.88. The molecule has 2 nitrogen and oxygen atoms in total. The van der Waals surface area contributed by atoms with Gasteiger partial charge in [-0.25, -0.2) is 9.97 Å². The van der Waals surface area contributed by atoms with E-state index in [-0.39, 0.29) is 0 Å². The summed E-state index contributed by atoms with van der Waals surface area (Å²) in [5, 5.41) is 5.34. The van der Waals surface area contributed by atoms with E-state index in [2.05, 4.69) is 56.3 Å². The first-order valence-corrected chi connectivity index (χ1v) is 11.6. The zero-order valence-corrected chi connectivity index (χ0v) is 20.1. The van der Waals surface area contributed by atoms with Crippen LogP contribution in [0.5, 0.6) is 0 Å². The van der Waals surface area contributed by atoms with E-state index in [1.807, 2.05) is 25.1 Å². The number of rotatable bonds is 7. The van der Waals surface area contributed by atoms with Crippen LogP contribution < -0.4 is 0 Å². The van der Waals surface area contributed by atoms with Crippen LogP contribution in [-0.2, 0) is 18.3 Å². The Morgan fingerprint density at radius 3 is 2.50 bits per heavy atom. The van der Waals surface area contributed by atoms with E-state index in [4.69, 9.17) is 33.2 Å². The van der Waals surface area contributed by atoms with Crippen molar-refractivity contribution in [3.63, 3.8) is 0 Å². The molecule has 5 heteroatoms. The monoisotopic (exact) mass is 456 g/mol. The number of thiophene rings is 1. The standard InChI is InChI=1S/C25H26Cl2N2S/c1-6-10-25(5,16(2)3)24-20(12-18-7-8-21(26)22(27)13-18)17(4)28-23(29-24)14-19-9-11-30-15-19/h6-11,13,15H,2,12,14H2,1,3-5H3.